The van der Waals surface area contributed by atoms with Gasteiger partial charge in [0.25, 0.3) is 0 Å². The van der Waals surface area contributed by atoms with Crippen molar-refractivity contribution in [3.63, 3.8) is 0 Å². The third kappa shape index (κ3) is 4.32. The number of nitrogens with one attached hydrogen (secondary N) is 1. The van der Waals surface area contributed by atoms with Crippen LogP contribution in [-0.2, 0) is 20.5 Å². The zero-order valence-corrected chi connectivity index (χ0v) is 12.3. The largest absolute Gasteiger partial charge is 0.465 e. The maximum absolute atomic E-state index is 12.0. The number of methoxy groups -OCH3 is 1. The van der Waals surface area contributed by atoms with Crippen LogP contribution in [0.25, 0.3) is 0 Å². The number of sulfonamides is 1. The molecule has 21 heavy (non-hydrogen) atoms. The average molecular weight is 305 g/mol. The summed E-state index contributed by atoms with van der Waals surface area (Å²) in [6, 6.07) is 15.0. The minimum Gasteiger partial charge on any atom is -0.465 e. The molecule has 0 fully saturated rings. The normalized spacial score (nSPS) is 10.9. The van der Waals surface area contributed by atoms with Gasteiger partial charge in [0.05, 0.1) is 18.4 Å². The van der Waals surface area contributed by atoms with E-state index in [0.29, 0.717) is 16.8 Å². The number of esters is 1. The van der Waals surface area contributed by atoms with Crippen molar-refractivity contribution < 1.29 is 17.9 Å². The van der Waals surface area contributed by atoms with Crippen molar-refractivity contribution >= 4 is 21.7 Å². The van der Waals surface area contributed by atoms with Crippen LogP contribution in [0.3, 0.4) is 0 Å². The molecule has 0 heterocycles. The molecule has 2 aromatic carbocycles. The summed E-state index contributed by atoms with van der Waals surface area (Å²) in [5.74, 6) is -0.569. The molecule has 0 aromatic heterocycles. The fourth-order valence-corrected chi connectivity index (χ4v) is 3.00. The molecule has 2 aromatic rings. The van der Waals surface area contributed by atoms with Crippen LogP contribution < -0.4 is 4.72 Å². The molecule has 0 bridgehead atoms. The topological polar surface area (TPSA) is 72.5 Å². The molecule has 0 unspecified atom stereocenters. The molecule has 6 heteroatoms. The summed E-state index contributed by atoms with van der Waals surface area (Å²) >= 11 is 0. The summed E-state index contributed by atoms with van der Waals surface area (Å²) in [6.07, 6.45) is 0. The van der Waals surface area contributed by atoms with Gasteiger partial charge in [0.2, 0.25) is 10.0 Å². The fraction of sp³-hybridized carbons (Fsp3) is 0.133. The van der Waals surface area contributed by atoms with Crippen LogP contribution in [0.15, 0.2) is 54.6 Å². The first-order valence-corrected chi connectivity index (χ1v) is 7.88. The Labute approximate surface area is 123 Å². The van der Waals surface area contributed by atoms with Crippen LogP contribution in [0.1, 0.15) is 15.9 Å². The number of rotatable bonds is 5. The molecule has 0 aliphatic carbocycles. The van der Waals surface area contributed by atoms with Gasteiger partial charge in [0.1, 0.15) is 0 Å². The van der Waals surface area contributed by atoms with Crippen LogP contribution in [-0.4, -0.2) is 21.5 Å². The van der Waals surface area contributed by atoms with Gasteiger partial charge in [-0.05, 0) is 29.8 Å². The second-order valence-electron chi connectivity index (χ2n) is 4.42. The standard InChI is InChI=1S/C15H15NO4S/c1-20-15(17)13-7-9-14(10-8-13)16-21(18,19)11-12-5-3-2-4-6-12/h2-10,16H,11H2,1H3. The summed E-state index contributed by atoms with van der Waals surface area (Å²) in [5.41, 5.74) is 1.47. The van der Waals surface area contributed by atoms with Gasteiger partial charge in [-0.2, -0.15) is 0 Å². The summed E-state index contributed by atoms with van der Waals surface area (Å²) in [5, 5.41) is 0. The Morgan fingerprint density at radius 3 is 2.24 bits per heavy atom. The predicted molar refractivity (Wildman–Crippen MR) is 80.5 cm³/mol. The minimum absolute atomic E-state index is 0.105. The van der Waals surface area contributed by atoms with Crippen molar-refractivity contribution in [1.82, 2.24) is 0 Å². The van der Waals surface area contributed by atoms with Crippen LogP contribution in [0.2, 0.25) is 0 Å². The second kappa shape index (κ2) is 6.41. The Morgan fingerprint density at radius 1 is 1.05 bits per heavy atom. The molecule has 0 saturated carbocycles. The third-order valence-corrected chi connectivity index (χ3v) is 4.04. The zero-order valence-electron chi connectivity index (χ0n) is 11.4. The van der Waals surface area contributed by atoms with Crippen molar-refractivity contribution in [3.05, 3.63) is 65.7 Å². The lowest BCUT2D eigenvalue weighted by molar-refractivity contribution is 0.0601. The summed E-state index contributed by atoms with van der Waals surface area (Å²) in [4.78, 5) is 11.3. The quantitative estimate of drug-likeness (QED) is 0.861. The Bertz CT molecular complexity index is 709. The van der Waals surface area contributed by atoms with Crippen LogP contribution in [0.5, 0.6) is 0 Å². The molecule has 5 nitrogen and oxygen atoms in total. The molecule has 0 amide bonds. The molecule has 2 rings (SSSR count). The molecule has 1 N–H and O–H groups in total. The number of carbonyl (C=O) groups excluding carboxylic acids is 1. The Balaban J connectivity index is 2.08. The maximum atomic E-state index is 12.0. The Kier molecular flexibility index (Phi) is 4.59. The van der Waals surface area contributed by atoms with E-state index in [-0.39, 0.29) is 5.75 Å². The van der Waals surface area contributed by atoms with Gasteiger partial charge in [0.15, 0.2) is 0 Å². The highest BCUT2D eigenvalue weighted by Crippen LogP contribution is 2.14. The van der Waals surface area contributed by atoms with E-state index in [1.165, 1.54) is 31.4 Å². The van der Waals surface area contributed by atoms with Gasteiger partial charge in [-0.1, -0.05) is 30.3 Å². The highest BCUT2D eigenvalue weighted by Gasteiger charge is 2.12. The third-order valence-electron chi connectivity index (χ3n) is 2.78. The highest BCUT2D eigenvalue weighted by molar-refractivity contribution is 7.91. The second-order valence-corrected chi connectivity index (χ2v) is 6.14. The molecule has 0 aliphatic rings. The Hall–Kier alpha value is -2.34. The number of ether oxygens (including phenoxy) is 1. The van der Waals surface area contributed by atoms with Gasteiger partial charge >= 0.3 is 5.97 Å². The SMILES string of the molecule is COC(=O)c1ccc(NS(=O)(=O)Cc2ccccc2)cc1. The first-order valence-electron chi connectivity index (χ1n) is 6.23. The predicted octanol–water partition coefficient (Wildman–Crippen LogP) is 2.42. The Morgan fingerprint density at radius 2 is 1.67 bits per heavy atom. The first kappa shape index (κ1) is 15.1. The van der Waals surface area contributed by atoms with Crippen molar-refractivity contribution in [1.29, 1.82) is 0 Å². The molecule has 0 saturated heterocycles. The first-order chi connectivity index (χ1) is 10.00. The minimum atomic E-state index is -3.49. The molecule has 0 atom stereocenters. The van der Waals surface area contributed by atoms with E-state index in [4.69, 9.17) is 0 Å². The molecular formula is C15H15NO4S. The zero-order chi connectivity index (χ0) is 15.3. The smallest absolute Gasteiger partial charge is 0.337 e. The van der Waals surface area contributed by atoms with Gasteiger partial charge in [-0.15, -0.1) is 0 Å². The number of anilines is 1. The lowest BCUT2D eigenvalue weighted by Gasteiger charge is -2.08. The van der Waals surface area contributed by atoms with Crippen molar-refractivity contribution in [2.45, 2.75) is 5.75 Å². The van der Waals surface area contributed by atoms with E-state index < -0.39 is 16.0 Å². The molecule has 0 aliphatic heterocycles. The van der Waals surface area contributed by atoms with E-state index in [1.807, 2.05) is 6.07 Å². The van der Waals surface area contributed by atoms with Crippen molar-refractivity contribution in [2.75, 3.05) is 11.8 Å². The highest BCUT2D eigenvalue weighted by atomic mass is 32.2. The van der Waals surface area contributed by atoms with Crippen LogP contribution in [0.4, 0.5) is 5.69 Å². The molecule has 0 spiro atoms. The van der Waals surface area contributed by atoms with E-state index >= 15 is 0 Å². The number of benzene rings is 2. The monoisotopic (exact) mass is 305 g/mol. The van der Waals surface area contributed by atoms with Gasteiger partial charge in [-0.3, -0.25) is 4.72 Å². The average Bonchev–Trinajstić information content (AvgIpc) is 2.47. The van der Waals surface area contributed by atoms with Crippen molar-refractivity contribution in [3.8, 4) is 0 Å². The van der Waals surface area contributed by atoms with Crippen molar-refractivity contribution in [2.24, 2.45) is 0 Å². The van der Waals surface area contributed by atoms with Crippen LogP contribution in [0, 0.1) is 0 Å². The number of carbonyl (C=O) groups is 1. The van der Waals surface area contributed by atoms with Crippen LogP contribution >= 0.6 is 0 Å². The molecule has 110 valence electrons. The van der Waals surface area contributed by atoms with E-state index in [9.17, 15) is 13.2 Å². The van der Waals surface area contributed by atoms with Gasteiger partial charge < -0.3 is 4.74 Å². The van der Waals surface area contributed by atoms with E-state index in [2.05, 4.69) is 9.46 Å². The summed E-state index contributed by atoms with van der Waals surface area (Å²) in [7, 11) is -2.20. The molecule has 0 radical (unpaired) electrons. The van der Waals surface area contributed by atoms with E-state index in [1.54, 1.807) is 24.3 Å². The lowest BCUT2D eigenvalue weighted by Crippen LogP contribution is -2.15. The number of hydrogen-bond donors (Lipinski definition) is 1. The maximum Gasteiger partial charge on any atom is 0.337 e. The van der Waals surface area contributed by atoms with Gasteiger partial charge in [0, 0.05) is 5.69 Å². The number of hydrogen-bond acceptors (Lipinski definition) is 4. The fourth-order valence-electron chi connectivity index (χ4n) is 1.80. The van der Waals surface area contributed by atoms with Gasteiger partial charge in [-0.25, -0.2) is 13.2 Å². The summed E-state index contributed by atoms with van der Waals surface area (Å²) < 4.78 is 31.1. The van der Waals surface area contributed by atoms with E-state index in [0.717, 1.165) is 0 Å². The lowest BCUT2D eigenvalue weighted by atomic mass is 10.2. The molecular weight excluding hydrogens is 290 g/mol. The summed E-state index contributed by atoms with van der Waals surface area (Å²) in [6.45, 7) is 0.